The SMILES string of the molecule is COC(=O)[C@@]12CCC[C@](C(=O)OC)(OC1=O)C(=O)O2. The van der Waals surface area contributed by atoms with Crippen LogP contribution in [0.2, 0.25) is 0 Å². The molecule has 0 unspecified atom stereocenters. The van der Waals surface area contributed by atoms with Crippen molar-refractivity contribution < 1.29 is 38.1 Å². The van der Waals surface area contributed by atoms with Crippen molar-refractivity contribution in [3.63, 3.8) is 0 Å². The first-order valence-corrected chi connectivity index (χ1v) is 5.56. The summed E-state index contributed by atoms with van der Waals surface area (Å²) in [6.07, 6.45) is 0.00760. The van der Waals surface area contributed by atoms with Crippen molar-refractivity contribution in [2.45, 2.75) is 30.5 Å². The lowest BCUT2D eigenvalue weighted by Crippen LogP contribution is -2.64. The standard InChI is InChI=1S/C11H12O8/c1-16-6(12)10-4-3-5-11(7(13)17-2,9(15)18-10)19-8(10)14/h3-5H2,1-2H3/t10-,11+. The number of carbonyl (C=O) groups excluding carboxylic acids is 4. The zero-order valence-corrected chi connectivity index (χ0v) is 10.4. The van der Waals surface area contributed by atoms with Crippen LogP contribution in [0, 0.1) is 0 Å². The van der Waals surface area contributed by atoms with Gasteiger partial charge in [0.05, 0.1) is 14.2 Å². The highest BCUT2D eigenvalue weighted by molar-refractivity contribution is 6.14. The van der Waals surface area contributed by atoms with E-state index in [1.807, 2.05) is 0 Å². The number of ether oxygens (including phenoxy) is 4. The zero-order chi connectivity index (χ0) is 14.3. The summed E-state index contributed by atoms with van der Waals surface area (Å²) in [5.41, 5.74) is -4.22. The van der Waals surface area contributed by atoms with Crippen LogP contribution in [-0.2, 0) is 38.1 Å². The molecule has 8 heteroatoms. The van der Waals surface area contributed by atoms with Crippen molar-refractivity contribution in [1.82, 2.24) is 0 Å². The summed E-state index contributed by atoms with van der Waals surface area (Å²) in [4.78, 5) is 47.3. The average molecular weight is 272 g/mol. The lowest BCUT2D eigenvalue weighted by Gasteiger charge is -2.36. The van der Waals surface area contributed by atoms with Gasteiger partial charge in [-0.1, -0.05) is 0 Å². The predicted molar refractivity (Wildman–Crippen MR) is 55.5 cm³/mol. The number of hydrogen-bond donors (Lipinski definition) is 0. The molecule has 0 amide bonds. The Labute approximate surface area is 107 Å². The monoisotopic (exact) mass is 272 g/mol. The van der Waals surface area contributed by atoms with Crippen LogP contribution in [0.4, 0.5) is 0 Å². The fraction of sp³-hybridized carbons (Fsp3) is 0.636. The van der Waals surface area contributed by atoms with Gasteiger partial charge in [-0.15, -0.1) is 0 Å². The molecule has 2 bridgehead atoms. The summed E-state index contributed by atoms with van der Waals surface area (Å²) in [5, 5.41) is 0. The Balaban J connectivity index is 2.46. The van der Waals surface area contributed by atoms with Gasteiger partial charge in [0.1, 0.15) is 0 Å². The van der Waals surface area contributed by atoms with E-state index in [-0.39, 0.29) is 19.3 Å². The molecule has 0 radical (unpaired) electrons. The number of esters is 4. The molecule has 0 N–H and O–H groups in total. The summed E-state index contributed by atoms with van der Waals surface area (Å²) in [5.74, 6) is -4.26. The smallest absolute Gasteiger partial charge is 0.364 e. The highest BCUT2D eigenvalue weighted by Gasteiger charge is 2.68. The minimum absolute atomic E-state index is 0.0943. The van der Waals surface area contributed by atoms with Crippen molar-refractivity contribution in [1.29, 1.82) is 0 Å². The maximum absolute atomic E-state index is 12.0. The van der Waals surface area contributed by atoms with Gasteiger partial charge in [-0.05, 0) is 6.42 Å². The summed E-state index contributed by atoms with van der Waals surface area (Å²) in [6.45, 7) is 0. The van der Waals surface area contributed by atoms with Crippen molar-refractivity contribution in [3.05, 3.63) is 0 Å². The van der Waals surface area contributed by atoms with E-state index in [1.165, 1.54) is 0 Å². The molecule has 0 saturated carbocycles. The Morgan fingerprint density at radius 2 is 1.32 bits per heavy atom. The Bertz CT molecular complexity index is 427. The van der Waals surface area contributed by atoms with Crippen molar-refractivity contribution in [2.24, 2.45) is 0 Å². The Kier molecular flexibility index (Phi) is 2.95. The number of rotatable bonds is 2. The van der Waals surface area contributed by atoms with Crippen LogP contribution in [0.5, 0.6) is 0 Å². The molecule has 3 saturated heterocycles. The van der Waals surface area contributed by atoms with Crippen LogP contribution in [0.25, 0.3) is 0 Å². The highest BCUT2D eigenvalue weighted by Crippen LogP contribution is 2.40. The van der Waals surface area contributed by atoms with E-state index in [9.17, 15) is 19.2 Å². The summed E-state index contributed by atoms with van der Waals surface area (Å²) in [6, 6.07) is 0. The number of carbonyl (C=O) groups is 4. The second kappa shape index (κ2) is 4.22. The summed E-state index contributed by atoms with van der Waals surface area (Å²) in [7, 11) is 2.12. The van der Waals surface area contributed by atoms with Crippen molar-refractivity contribution in [2.75, 3.05) is 14.2 Å². The van der Waals surface area contributed by atoms with Crippen molar-refractivity contribution in [3.8, 4) is 0 Å². The first-order valence-electron chi connectivity index (χ1n) is 5.56. The van der Waals surface area contributed by atoms with Gasteiger partial charge in [0, 0.05) is 12.8 Å². The fourth-order valence-electron chi connectivity index (χ4n) is 2.24. The quantitative estimate of drug-likeness (QED) is 0.361. The van der Waals surface area contributed by atoms with Gasteiger partial charge in [-0.3, -0.25) is 0 Å². The topological polar surface area (TPSA) is 105 Å². The van der Waals surface area contributed by atoms with E-state index in [4.69, 9.17) is 9.47 Å². The van der Waals surface area contributed by atoms with Crippen LogP contribution in [0.15, 0.2) is 0 Å². The molecule has 3 aliphatic heterocycles. The molecule has 0 aromatic carbocycles. The first kappa shape index (κ1) is 13.3. The van der Waals surface area contributed by atoms with Gasteiger partial charge in [-0.2, -0.15) is 0 Å². The first-order chi connectivity index (χ1) is 8.93. The largest absolute Gasteiger partial charge is 0.466 e. The minimum atomic E-state index is -2.11. The molecule has 3 heterocycles. The molecular weight excluding hydrogens is 260 g/mol. The van der Waals surface area contributed by atoms with Crippen molar-refractivity contribution >= 4 is 23.9 Å². The maximum Gasteiger partial charge on any atom is 0.364 e. The van der Waals surface area contributed by atoms with E-state index in [2.05, 4.69) is 9.47 Å². The molecule has 3 rings (SSSR count). The van der Waals surface area contributed by atoms with E-state index in [0.717, 1.165) is 14.2 Å². The van der Waals surface area contributed by atoms with Crippen LogP contribution < -0.4 is 0 Å². The molecule has 8 nitrogen and oxygen atoms in total. The van der Waals surface area contributed by atoms with Crippen LogP contribution >= 0.6 is 0 Å². The van der Waals surface area contributed by atoms with Crippen LogP contribution in [0.1, 0.15) is 19.3 Å². The third kappa shape index (κ3) is 1.59. The van der Waals surface area contributed by atoms with E-state index >= 15 is 0 Å². The van der Waals surface area contributed by atoms with E-state index in [0.29, 0.717) is 0 Å². The predicted octanol–water partition coefficient (Wildman–Crippen LogP) is -0.906. The molecule has 2 atom stereocenters. The molecule has 3 aliphatic rings. The second-order valence-corrected chi connectivity index (χ2v) is 4.27. The van der Waals surface area contributed by atoms with Gasteiger partial charge in [-0.25, -0.2) is 19.2 Å². The third-order valence-corrected chi connectivity index (χ3v) is 3.28. The zero-order valence-electron chi connectivity index (χ0n) is 10.4. The number of fused-ring (bicyclic) bond motifs is 4. The van der Waals surface area contributed by atoms with Gasteiger partial charge in [0.15, 0.2) is 0 Å². The lowest BCUT2D eigenvalue weighted by molar-refractivity contribution is -0.230. The molecule has 0 spiro atoms. The molecule has 0 aromatic rings. The summed E-state index contributed by atoms with van der Waals surface area (Å²) >= 11 is 0. The van der Waals surface area contributed by atoms with E-state index in [1.54, 1.807) is 0 Å². The molecule has 104 valence electrons. The molecule has 0 aliphatic carbocycles. The number of hydrogen-bond acceptors (Lipinski definition) is 8. The highest BCUT2D eigenvalue weighted by atomic mass is 16.7. The van der Waals surface area contributed by atoms with Crippen LogP contribution in [-0.4, -0.2) is 49.3 Å². The molecule has 3 fully saturated rings. The molecule has 19 heavy (non-hydrogen) atoms. The fourth-order valence-corrected chi connectivity index (χ4v) is 2.24. The minimum Gasteiger partial charge on any atom is -0.466 e. The second-order valence-electron chi connectivity index (χ2n) is 4.27. The van der Waals surface area contributed by atoms with Gasteiger partial charge < -0.3 is 18.9 Å². The maximum atomic E-state index is 12.0. The normalized spacial score (nSPS) is 32.9. The Hall–Kier alpha value is -2.12. The van der Waals surface area contributed by atoms with Gasteiger partial charge in [0.2, 0.25) is 0 Å². The molecular formula is C11H12O8. The Morgan fingerprint density at radius 1 is 0.947 bits per heavy atom. The molecule has 0 aromatic heterocycles. The lowest BCUT2D eigenvalue weighted by atomic mass is 9.96. The van der Waals surface area contributed by atoms with Crippen LogP contribution in [0.3, 0.4) is 0 Å². The van der Waals surface area contributed by atoms with E-state index < -0.39 is 35.1 Å². The average Bonchev–Trinajstić information content (AvgIpc) is 2.64. The number of methoxy groups -OCH3 is 2. The van der Waals surface area contributed by atoms with Gasteiger partial charge >= 0.3 is 35.1 Å². The summed E-state index contributed by atoms with van der Waals surface area (Å²) < 4.78 is 18.7. The third-order valence-electron chi connectivity index (χ3n) is 3.28. The Morgan fingerprint density at radius 3 is 1.63 bits per heavy atom. The van der Waals surface area contributed by atoms with Gasteiger partial charge in [0.25, 0.3) is 0 Å².